The Morgan fingerprint density at radius 3 is 2.41 bits per heavy atom. The lowest BCUT2D eigenvalue weighted by atomic mass is 10.2. The van der Waals surface area contributed by atoms with Crippen LogP contribution in [0.4, 0.5) is 17.1 Å². The summed E-state index contributed by atoms with van der Waals surface area (Å²) in [6, 6.07) is 14.1. The number of thioether (sulfide) groups is 1. The van der Waals surface area contributed by atoms with Crippen molar-refractivity contribution in [1.29, 1.82) is 0 Å². The Balaban J connectivity index is 1.37. The van der Waals surface area contributed by atoms with Crippen molar-refractivity contribution in [1.82, 2.24) is 4.90 Å². The molecule has 1 fully saturated rings. The van der Waals surface area contributed by atoms with E-state index in [1.165, 1.54) is 23.9 Å². The monoisotopic (exact) mass is 412 g/mol. The number of rotatable bonds is 4. The zero-order valence-electron chi connectivity index (χ0n) is 15.7. The summed E-state index contributed by atoms with van der Waals surface area (Å²) < 4.78 is 0. The maximum Gasteiger partial charge on any atom is 0.269 e. The average molecular weight is 412 g/mol. The molecule has 0 aromatic heterocycles. The predicted molar refractivity (Wildman–Crippen MR) is 111 cm³/mol. The van der Waals surface area contributed by atoms with Crippen LogP contribution in [-0.2, 0) is 9.59 Å². The Morgan fingerprint density at radius 1 is 1.03 bits per heavy atom. The molecule has 0 atom stereocenters. The highest BCUT2D eigenvalue weighted by Crippen LogP contribution is 2.34. The van der Waals surface area contributed by atoms with E-state index >= 15 is 0 Å². The van der Waals surface area contributed by atoms with E-state index in [1.807, 2.05) is 24.3 Å². The Bertz CT molecular complexity index is 942. The SMILES string of the molecule is O=C(CN1C(=O)CSc2ccccc21)N1CCN(c2ccc([N+](=O)[O-])cc2)CC1. The first-order valence-corrected chi connectivity index (χ1v) is 10.3. The number of para-hydroxylation sites is 1. The first kappa shape index (κ1) is 19.3. The van der Waals surface area contributed by atoms with Crippen molar-refractivity contribution in [3.8, 4) is 0 Å². The number of piperazine rings is 1. The molecule has 2 aliphatic heterocycles. The molecule has 4 rings (SSSR count). The van der Waals surface area contributed by atoms with Crippen LogP contribution in [0.3, 0.4) is 0 Å². The number of nitrogens with zero attached hydrogens (tertiary/aromatic N) is 4. The third kappa shape index (κ3) is 4.04. The van der Waals surface area contributed by atoms with Crippen molar-refractivity contribution in [2.45, 2.75) is 4.90 Å². The van der Waals surface area contributed by atoms with Gasteiger partial charge in [0.15, 0.2) is 0 Å². The third-order valence-electron chi connectivity index (χ3n) is 5.16. The van der Waals surface area contributed by atoms with Gasteiger partial charge in [-0.25, -0.2) is 0 Å². The quantitative estimate of drug-likeness (QED) is 0.566. The van der Waals surface area contributed by atoms with Gasteiger partial charge in [0, 0.05) is 48.9 Å². The van der Waals surface area contributed by atoms with Crippen LogP contribution < -0.4 is 9.80 Å². The molecule has 0 bridgehead atoms. The molecule has 2 amide bonds. The van der Waals surface area contributed by atoms with E-state index < -0.39 is 4.92 Å². The Morgan fingerprint density at radius 2 is 1.72 bits per heavy atom. The molecule has 2 heterocycles. The average Bonchev–Trinajstić information content (AvgIpc) is 2.76. The van der Waals surface area contributed by atoms with Crippen molar-refractivity contribution in [2.75, 3.05) is 48.3 Å². The highest BCUT2D eigenvalue weighted by atomic mass is 32.2. The zero-order valence-corrected chi connectivity index (χ0v) is 16.5. The Hall–Kier alpha value is -3.07. The van der Waals surface area contributed by atoms with Crippen LogP contribution in [0, 0.1) is 10.1 Å². The lowest BCUT2D eigenvalue weighted by Crippen LogP contribution is -2.52. The summed E-state index contributed by atoms with van der Waals surface area (Å²) >= 11 is 1.50. The minimum atomic E-state index is -0.418. The number of amides is 2. The summed E-state index contributed by atoms with van der Waals surface area (Å²) in [4.78, 5) is 42.0. The van der Waals surface area contributed by atoms with Gasteiger partial charge < -0.3 is 14.7 Å². The van der Waals surface area contributed by atoms with Crippen LogP contribution >= 0.6 is 11.8 Å². The molecule has 0 saturated carbocycles. The van der Waals surface area contributed by atoms with Crippen molar-refractivity contribution < 1.29 is 14.5 Å². The predicted octanol–water partition coefficient (Wildman–Crippen LogP) is 2.38. The second-order valence-electron chi connectivity index (χ2n) is 6.88. The second kappa shape index (κ2) is 8.12. The minimum absolute atomic E-state index is 0.0495. The second-order valence-corrected chi connectivity index (χ2v) is 7.89. The van der Waals surface area contributed by atoms with E-state index in [-0.39, 0.29) is 24.0 Å². The van der Waals surface area contributed by atoms with Crippen molar-refractivity contribution in [3.63, 3.8) is 0 Å². The molecule has 2 aromatic carbocycles. The number of hydrogen-bond donors (Lipinski definition) is 0. The lowest BCUT2D eigenvalue weighted by molar-refractivity contribution is -0.384. The number of nitro benzene ring substituents is 1. The Labute approximate surface area is 172 Å². The molecule has 0 aliphatic carbocycles. The van der Waals surface area contributed by atoms with Crippen LogP contribution in [0.15, 0.2) is 53.4 Å². The van der Waals surface area contributed by atoms with Gasteiger partial charge in [0.25, 0.3) is 5.69 Å². The molecule has 0 N–H and O–H groups in total. The van der Waals surface area contributed by atoms with Crippen LogP contribution in [0.2, 0.25) is 0 Å². The minimum Gasteiger partial charge on any atom is -0.368 e. The van der Waals surface area contributed by atoms with Gasteiger partial charge in [0.2, 0.25) is 11.8 Å². The molecular formula is C20H20N4O4S. The first-order valence-electron chi connectivity index (χ1n) is 9.32. The molecule has 0 radical (unpaired) electrons. The third-order valence-corrected chi connectivity index (χ3v) is 6.21. The van der Waals surface area contributed by atoms with Gasteiger partial charge in [-0.05, 0) is 24.3 Å². The van der Waals surface area contributed by atoms with Gasteiger partial charge in [0.05, 0.1) is 16.4 Å². The first-order chi connectivity index (χ1) is 14.0. The lowest BCUT2D eigenvalue weighted by Gasteiger charge is -2.37. The smallest absolute Gasteiger partial charge is 0.269 e. The number of non-ortho nitro benzene ring substituents is 1. The molecule has 2 aliphatic rings. The largest absolute Gasteiger partial charge is 0.368 e. The topological polar surface area (TPSA) is 87.0 Å². The normalized spacial score (nSPS) is 16.6. The van der Waals surface area contributed by atoms with Crippen LogP contribution in [0.5, 0.6) is 0 Å². The fourth-order valence-electron chi connectivity index (χ4n) is 3.56. The zero-order chi connectivity index (χ0) is 20.4. The number of carbonyl (C=O) groups is 2. The highest BCUT2D eigenvalue weighted by molar-refractivity contribution is 8.00. The maximum atomic E-state index is 12.8. The molecule has 29 heavy (non-hydrogen) atoms. The van der Waals surface area contributed by atoms with Crippen molar-refractivity contribution >= 4 is 40.6 Å². The van der Waals surface area contributed by atoms with E-state index in [9.17, 15) is 19.7 Å². The fraction of sp³-hybridized carbons (Fsp3) is 0.300. The number of hydrogen-bond acceptors (Lipinski definition) is 6. The van der Waals surface area contributed by atoms with E-state index in [0.717, 1.165) is 16.3 Å². The van der Waals surface area contributed by atoms with Crippen molar-refractivity contribution in [3.05, 3.63) is 58.6 Å². The van der Waals surface area contributed by atoms with Crippen LogP contribution in [0.25, 0.3) is 0 Å². The summed E-state index contributed by atoms with van der Waals surface area (Å²) in [7, 11) is 0. The summed E-state index contributed by atoms with van der Waals surface area (Å²) in [5.41, 5.74) is 1.76. The van der Waals surface area contributed by atoms with Crippen molar-refractivity contribution in [2.24, 2.45) is 0 Å². The van der Waals surface area contributed by atoms with Gasteiger partial charge in [-0.2, -0.15) is 0 Å². The van der Waals surface area contributed by atoms with Gasteiger partial charge in [-0.15, -0.1) is 11.8 Å². The Kier molecular flexibility index (Phi) is 5.39. The molecule has 8 nitrogen and oxygen atoms in total. The number of fused-ring (bicyclic) bond motifs is 1. The fourth-order valence-corrected chi connectivity index (χ4v) is 4.50. The number of anilines is 2. The van der Waals surface area contributed by atoms with E-state index in [1.54, 1.807) is 21.9 Å². The molecule has 2 aromatic rings. The standard InChI is InChI=1S/C20H20N4O4S/c25-19(13-23-17-3-1-2-4-18(17)29-14-20(23)26)22-11-9-21(10-12-22)15-5-7-16(8-6-15)24(27)28/h1-8H,9-14H2. The summed E-state index contributed by atoms with van der Waals surface area (Å²) in [5.74, 6) is 0.230. The van der Waals surface area contributed by atoms with Gasteiger partial charge >= 0.3 is 0 Å². The molecule has 150 valence electrons. The molecule has 1 saturated heterocycles. The number of benzene rings is 2. The summed E-state index contributed by atoms with van der Waals surface area (Å²) in [6.07, 6.45) is 0. The van der Waals surface area contributed by atoms with Gasteiger partial charge in [-0.3, -0.25) is 19.7 Å². The molecular weight excluding hydrogens is 392 g/mol. The molecule has 0 unspecified atom stereocenters. The maximum absolute atomic E-state index is 12.8. The molecule has 0 spiro atoms. The van der Waals surface area contributed by atoms with E-state index in [4.69, 9.17) is 0 Å². The highest BCUT2D eigenvalue weighted by Gasteiger charge is 2.29. The van der Waals surface area contributed by atoms with E-state index in [0.29, 0.717) is 31.9 Å². The van der Waals surface area contributed by atoms with E-state index in [2.05, 4.69) is 4.90 Å². The summed E-state index contributed by atoms with van der Waals surface area (Å²) in [5, 5.41) is 10.8. The number of carbonyl (C=O) groups excluding carboxylic acids is 2. The van der Waals surface area contributed by atoms with Crippen LogP contribution in [-0.4, -0.2) is 60.1 Å². The molecule has 9 heteroatoms. The summed E-state index contributed by atoms with van der Waals surface area (Å²) in [6.45, 7) is 2.43. The van der Waals surface area contributed by atoms with Gasteiger partial charge in [-0.1, -0.05) is 12.1 Å². The van der Waals surface area contributed by atoms with Gasteiger partial charge in [0.1, 0.15) is 6.54 Å². The number of nitro groups is 1. The van der Waals surface area contributed by atoms with Crippen LogP contribution in [0.1, 0.15) is 0 Å².